The lowest BCUT2D eigenvalue weighted by molar-refractivity contribution is 0.102. The lowest BCUT2D eigenvalue weighted by atomic mass is 10.2. The summed E-state index contributed by atoms with van der Waals surface area (Å²) in [5.74, 6) is 0.770. The molecule has 2 aromatic heterocycles. The Morgan fingerprint density at radius 1 is 1.29 bits per heavy atom. The molecule has 0 radical (unpaired) electrons. The third-order valence-corrected chi connectivity index (χ3v) is 5.19. The summed E-state index contributed by atoms with van der Waals surface area (Å²) >= 11 is 4.67. The van der Waals surface area contributed by atoms with Crippen molar-refractivity contribution in [3.8, 4) is 11.5 Å². The predicted octanol–water partition coefficient (Wildman–Crippen LogP) is 4.43. The SMILES string of the molecule is Cc1cc(C(=O)CSc2nnc(-c3cccc(Br)c3)o2)c(C)n1C. The maximum absolute atomic E-state index is 12.4. The molecule has 0 saturated heterocycles. The fourth-order valence-corrected chi connectivity index (χ4v) is 3.39. The zero-order valence-corrected chi connectivity index (χ0v) is 15.9. The van der Waals surface area contributed by atoms with E-state index in [2.05, 4.69) is 26.1 Å². The highest BCUT2D eigenvalue weighted by Gasteiger charge is 2.16. The van der Waals surface area contributed by atoms with Crippen LogP contribution in [0.5, 0.6) is 0 Å². The van der Waals surface area contributed by atoms with Crippen molar-refractivity contribution >= 4 is 33.5 Å². The van der Waals surface area contributed by atoms with Crippen molar-refractivity contribution in [1.82, 2.24) is 14.8 Å². The van der Waals surface area contributed by atoms with Crippen LogP contribution in [-0.2, 0) is 7.05 Å². The Bertz CT molecular complexity index is 901. The van der Waals surface area contributed by atoms with Crippen molar-refractivity contribution in [3.05, 3.63) is 51.8 Å². The number of rotatable bonds is 5. The summed E-state index contributed by atoms with van der Waals surface area (Å²) in [5, 5.41) is 8.44. The zero-order chi connectivity index (χ0) is 17.3. The van der Waals surface area contributed by atoms with E-state index in [1.165, 1.54) is 11.8 Å². The van der Waals surface area contributed by atoms with E-state index in [0.717, 1.165) is 27.0 Å². The summed E-state index contributed by atoms with van der Waals surface area (Å²) in [5.41, 5.74) is 3.62. The molecular formula is C17H16BrN3O2S. The van der Waals surface area contributed by atoms with Crippen LogP contribution in [0.1, 0.15) is 21.7 Å². The van der Waals surface area contributed by atoms with Gasteiger partial charge in [-0.2, -0.15) is 0 Å². The van der Waals surface area contributed by atoms with Gasteiger partial charge in [-0.15, -0.1) is 10.2 Å². The summed E-state index contributed by atoms with van der Waals surface area (Å²) in [4.78, 5) is 12.4. The molecular weight excluding hydrogens is 390 g/mol. The Morgan fingerprint density at radius 3 is 2.75 bits per heavy atom. The van der Waals surface area contributed by atoms with Crippen LogP contribution in [0.15, 0.2) is 44.4 Å². The quantitative estimate of drug-likeness (QED) is 0.464. The van der Waals surface area contributed by atoms with Gasteiger partial charge in [0.1, 0.15) is 0 Å². The van der Waals surface area contributed by atoms with Crippen molar-refractivity contribution in [2.24, 2.45) is 7.05 Å². The molecule has 0 aliphatic carbocycles. The fraction of sp³-hybridized carbons (Fsp3) is 0.235. The van der Waals surface area contributed by atoms with Gasteiger partial charge in [-0.3, -0.25) is 4.79 Å². The van der Waals surface area contributed by atoms with E-state index in [1.807, 2.05) is 55.8 Å². The Morgan fingerprint density at radius 2 is 2.08 bits per heavy atom. The van der Waals surface area contributed by atoms with Crippen molar-refractivity contribution in [3.63, 3.8) is 0 Å². The average Bonchev–Trinajstić information content (AvgIpc) is 3.13. The number of halogens is 1. The van der Waals surface area contributed by atoms with E-state index in [1.54, 1.807) is 0 Å². The van der Waals surface area contributed by atoms with Crippen molar-refractivity contribution in [2.45, 2.75) is 19.1 Å². The summed E-state index contributed by atoms with van der Waals surface area (Å²) in [6, 6.07) is 9.55. The van der Waals surface area contributed by atoms with Gasteiger partial charge in [-0.1, -0.05) is 33.8 Å². The number of hydrogen-bond acceptors (Lipinski definition) is 5. The van der Waals surface area contributed by atoms with E-state index in [4.69, 9.17) is 4.42 Å². The van der Waals surface area contributed by atoms with Gasteiger partial charge in [0.15, 0.2) is 5.78 Å². The first-order valence-electron chi connectivity index (χ1n) is 7.34. The zero-order valence-electron chi connectivity index (χ0n) is 13.5. The molecule has 0 N–H and O–H groups in total. The van der Waals surface area contributed by atoms with E-state index in [0.29, 0.717) is 11.1 Å². The van der Waals surface area contributed by atoms with Gasteiger partial charge in [-0.05, 0) is 38.1 Å². The van der Waals surface area contributed by atoms with Gasteiger partial charge in [0.2, 0.25) is 5.89 Å². The van der Waals surface area contributed by atoms with Crippen molar-refractivity contribution in [1.29, 1.82) is 0 Å². The topological polar surface area (TPSA) is 60.9 Å². The molecule has 124 valence electrons. The molecule has 3 rings (SSSR count). The number of carbonyl (C=O) groups excluding carboxylic acids is 1. The number of hydrogen-bond donors (Lipinski definition) is 0. The minimum atomic E-state index is 0.0587. The van der Waals surface area contributed by atoms with E-state index < -0.39 is 0 Å². The molecule has 3 aromatic rings. The Labute approximate surface area is 152 Å². The van der Waals surface area contributed by atoms with Crippen LogP contribution in [0.25, 0.3) is 11.5 Å². The Hall–Kier alpha value is -1.86. The molecule has 0 aliphatic rings. The normalized spacial score (nSPS) is 11.0. The molecule has 7 heteroatoms. The molecule has 0 spiro atoms. The fourth-order valence-electron chi connectivity index (χ4n) is 2.35. The van der Waals surface area contributed by atoms with Crippen molar-refractivity contribution in [2.75, 3.05) is 5.75 Å². The molecule has 0 aliphatic heterocycles. The van der Waals surface area contributed by atoms with Gasteiger partial charge in [-0.25, -0.2) is 0 Å². The van der Waals surface area contributed by atoms with Crippen LogP contribution in [0.2, 0.25) is 0 Å². The van der Waals surface area contributed by atoms with Gasteiger partial charge in [0, 0.05) is 34.0 Å². The molecule has 24 heavy (non-hydrogen) atoms. The van der Waals surface area contributed by atoms with E-state index >= 15 is 0 Å². The first-order valence-corrected chi connectivity index (χ1v) is 9.12. The third-order valence-electron chi connectivity index (χ3n) is 3.88. The third kappa shape index (κ3) is 3.47. The van der Waals surface area contributed by atoms with Crippen LogP contribution in [-0.4, -0.2) is 26.3 Å². The number of nitrogens with zero attached hydrogens (tertiary/aromatic N) is 3. The standard InChI is InChI=1S/C17H16BrN3O2S/c1-10-7-14(11(2)21(10)3)15(22)9-24-17-20-19-16(23-17)12-5-4-6-13(18)8-12/h4-8H,9H2,1-3H3. The molecule has 0 fully saturated rings. The predicted molar refractivity (Wildman–Crippen MR) is 97.4 cm³/mol. The van der Waals surface area contributed by atoms with Gasteiger partial charge in [0.05, 0.1) is 5.75 Å². The minimum Gasteiger partial charge on any atom is -0.411 e. The van der Waals surface area contributed by atoms with Crippen LogP contribution in [0.3, 0.4) is 0 Å². The number of ketones is 1. The maximum atomic E-state index is 12.4. The lowest BCUT2D eigenvalue weighted by Crippen LogP contribution is -2.04. The smallest absolute Gasteiger partial charge is 0.277 e. The molecule has 1 aromatic carbocycles. The number of benzene rings is 1. The molecule has 0 saturated carbocycles. The lowest BCUT2D eigenvalue weighted by Gasteiger charge is -2.01. The maximum Gasteiger partial charge on any atom is 0.277 e. The highest BCUT2D eigenvalue weighted by atomic mass is 79.9. The monoisotopic (exact) mass is 405 g/mol. The van der Waals surface area contributed by atoms with Crippen LogP contribution < -0.4 is 0 Å². The molecule has 0 unspecified atom stereocenters. The highest BCUT2D eigenvalue weighted by Crippen LogP contribution is 2.26. The van der Waals surface area contributed by atoms with Gasteiger partial charge < -0.3 is 8.98 Å². The second-order valence-electron chi connectivity index (χ2n) is 5.44. The Balaban J connectivity index is 1.69. The summed E-state index contributed by atoms with van der Waals surface area (Å²) in [6.45, 7) is 3.93. The second-order valence-corrected chi connectivity index (χ2v) is 7.28. The van der Waals surface area contributed by atoms with Crippen LogP contribution in [0.4, 0.5) is 0 Å². The second kappa shape index (κ2) is 6.94. The molecule has 0 atom stereocenters. The highest BCUT2D eigenvalue weighted by molar-refractivity contribution is 9.10. The van der Waals surface area contributed by atoms with E-state index in [-0.39, 0.29) is 11.5 Å². The number of aryl methyl sites for hydroxylation is 1. The number of aromatic nitrogens is 3. The molecule has 0 bridgehead atoms. The first kappa shape index (κ1) is 17.0. The number of thioether (sulfide) groups is 1. The van der Waals surface area contributed by atoms with Crippen LogP contribution >= 0.6 is 27.7 Å². The summed E-state index contributed by atoms with van der Waals surface area (Å²) < 4.78 is 8.58. The first-order chi connectivity index (χ1) is 11.5. The molecule has 5 nitrogen and oxygen atoms in total. The van der Waals surface area contributed by atoms with Crippen LogP contribution in [0, 0.1) is 13.8 Å². The van der Waals surface area contributed by atoms with Crippen molar-refractivity contribution < 1.29 is 9.21 Å². The van der Waals surface area contributed by atoms with Gasteiger partial charge in [0.25, 0.3) is 5.22 Å². The summed E-state index contributed by atoms with van der Waals surface area (Å²) in [6.07, 6.45) is 0. The number of carbonyl (C=O) groups is 1. The molecule has 2 heterocycles. The number of Topliss-reactive ketones (excluding diaryl/α,β-unsaturated/α-hetero) is 1. The minimum absolute atomic E-state index is 0.0587. The Kier molecular flexibility index (Phi) is 4.91. The van der Waals surface area contributed by atoms with E-state index in [9.17, 15) is 4.79 Å². The summed E-state index contributed by atoms with van der Waals surface area (Å²) in [7, 11) is 1.96. The van der Waals surface area contributed by atoms with Gasteiger partial charge >= 0.3 is 0 Å². The average molecular weight is 406 g/mol. The molecule has 0 amide bonds. The largest absolute Gasteiger partial charge is 0.411 e.